The maximum absolute atomic E-state index is 3.66. The summed E-state index contributed by atoms with van der Waals surface area (Å²) in [4.78, 5) is 0. The van der Waals surface area contributed by atoms with Crippen molar-refractivity contribution in [3.63, 3.8) is 0 Å². The van der Waals surface area contributed by atoms with E-state index in [1.807, 2.05) is 0 Å². The first-order chi connectivity index (χ1) is 6.97. The third-order valence-electron chi connectivity index (χ3n) is 3.71. The van der Waals surface area contributed by atoms with Crippen LogP contribution in [0.4, 0.5) is 0 Å². The predicted molar refractivity (Wildman–Crippen MR) is 64.7 cm³/mol. The molecule has 1 heterocycles. The van der Waals surface area contributed by atoms with Gasteiger partial charge in [0.1, 0.15) is 0 Å². The maximum atomic E-state index is 3.66. The SMILES string of the molecule is C1CCCCC(C2CSCN2)CCC1. The quantitative estimate of drug-likeness (QED) is 0.716. The molecule has 2 heteroatoms. The van der Waals surface area contributed by atoms with Gasteiger partial charge in [0.15, 0.2) is 0 Å². The first kappa shape index (κ1) is 10.8. The molecule has 1 saturated carbocycles. The van der Waals surface area contributed by atoms with Crippen molar-refractivity contribution in [1.29, 1.82) is 0 Å². The minimum atomic E-state index is 0.845. The monoisotopic (exact) mass is 213 g/mol. The van der Waals surface area contributed by atoms with Crippen LogP contribution in [0.2, 0.25) is 0 Å². The Morgan fingerprint density at radius 2 is 1.50 bits per heavy atom. The minimum absolute atomic E-state index is 0.845. The molecular weight excluding hydrogens is 190 g/mol. The molecule has 0 aromatic heterocycles. The molecule has 1 N–H and O–H groups in total. The van der Waals surface area contributed by atoms with Gasteiger partial charge in [-0.3, -0.25) is 0 Å². The van der Waals surface area contributed by atoms with Gasteiger partial charge in [-0.05, 0) is 18.8 Å². The average molecular weight is 213 g/mol. The molecule has 0 bridgehead atoms. The lowest BCUT2D eigenvalue weighted by Gasteiger charge is -2.22. The summed E-state index contributed by atoms with van der Waals surface area (Å²) in [6.45, 7) is 0. The van der Waals surface area contributed by atoms with Crippen molar-refractivity contribution >= 4 is 11.8 Å². The molecule has 1 aliphatic carbocycles. The molecule has 14 heavy (non-hydrogen) atoms. The second kappa shape index (κ2) is 6.02. The molecule has 1 nitrogen and oxygen atoms in total. The van der Waals surface area contributed by atoms with E-state index in [-0.39, 0.29) is 0 Å². The van der Waals surface area contributed by atoms with Crippen molar-refractivity contribution in [2.75, 3.05) is 11.6 Å². The standard InChI is InChI=1S/C12H23NS/c1-2-4-6-8-11(7-5-3-1)12-9-14-10-13-12/h11-13H,1-10H2. The highest BCUT2D eigenvalue weighted by atomic mass is 32.2. The molecular formula is C12H23NS. The zero-order valence-corrected chi connectivity index (χ0v) is 9.95. The Balaban J connectivity index is 1.80. The van der Waals surface area contributed by atoms with Crippen molar-refractivity contribution < 1.29 is 0 Å². The Morgan fingerprint density at radius 1 is 0.857 bits per heavy atom. The van der Waals surface area contributed by atoms with Gasteiger partial charge < -0.3 is 5.32 Å². The third kappa shape index (κ3) is 3.16. The molecule has 2 aliphatic rings. The molecule has 0 aromatic carbocycles. The van der Waals surface area contributed by atoms with Crippen LogP contribution in [0.25, 0.3) is 0 Å². The lowest BCUT2D eigenvalue weighted by Crippen LogP contribution is -2.32. The molecule has 1 aliphatic heterocycles. The average Bonchev–Trinajstić information content (AvgIpc) is 2.75. The highest BCUT2D eigenvalue weighted by Gasteiger charge is 2.24. The van der Waals surface area contributed by atoms with Gasteiger partial charge in [0.05, 0.1) is 0 Å². The number of hydrogen-bond acceptors (Lipinski definition) is 2. The summed E-state index contributed by atoms with van der Waals surface area (Å²) < 4.78 is 0. The topological polar surface area (TPSA) is 12.0 Å². The molecule has 1 saturated heterocycles. The summed E-state index contributed by atoms with van der Waals surface area (Å²) in [5.41, 5.74) is 0. The Hall–Kier alpha value is 0.310. The van der Waals surface area contributed by atoms with Crippen molar-refractivity contribution in [2.45, 2.75) is 57.4 Å². The summed E-state index contributed by atoms with van der Waals surface area (Å²) in [6.07, 6.45) is 11.9. The van der Waals surface area contributed by atoms with E-state index in [9.17, 15) is 0 Å². The Morgan fingerprint density at radius 3 is 2.07 bits per heavy atom. The molecule has 0 aromatic rings. The van der Waals surface area contributed by atoms with E-state index in [1.165, 1.54) is 63.0 Å². The van der Waals surface area contributed by atoms with Gasteiger partial charge in [-0.25, -0.2) is 0 Å². The highest BCUT2D eigenvalue weighted by molar-refractivity contribution is 7.99. The molecule has 0 spiro atoms. The number of hydrogen-bond donors (Lipinski definition) is 1. The van der Waals surface area contributed by atoms with Crippen LogP contribution < -0.4 is 5.32 Å². The fourth-order valence-electron chi connectivity index (χ4n) is 2.78. The van der Waals surface area contributed by atoms with Crippen LogP contribution in [0.3, 0.4) is 0 Å². The lowest BCUT2D eigenvalue weighted by molar-refractivity contribution is 0.345. The summed E-state index contributed by atoms with van der Waals surface area (Å²) in [5, 5.41) is 3.66. The maximum Gasteiger partial charge on any atom is 0.0420 e. The van der Waals surface area contributed by atoms with E-state index in [0.717, 1.165) is 12.0 Å². The van der Waals surface area contributed by atoms with Crippen molar-refractivity contribution in [1.82, 2.24) is 5.32 Å². The Bertz CT molecular complexity index is 144. The smallest absolute Gasteiger partial charge is 0.0420 e. The Kier molecular flexibility index (Phi) is 4.65. The van der Waals surface area contributed by atoms with E-state index in [1.54, 1.807) is 0 Å². The van der Waals surface area contributed by atoms with E-state index < -0.39 is 0 Å². The molecule has 1 atom stereocenters. The zero-order valence-electron chi connectivity index (χ0n) is 9.13. The van der Waals surface area contributed by atoms with Crippen molar-refractivity contribution in [2.24, 2.45) is 5.92 Å². The Labute approximate surface area is 92.4 Å². The zero-order chi connectivity index (χ0) is 9.64. The van der Waals surface area contributed by atoms with E-state index in [4.69, 9.17) is 0 Å². The summed E-state index contributed by atoms with van der Waals surface area (Å²) in [6, 6.07) is 0.845. The van der Waals surface area contributed by atoms with Gasteiger partial charge in [-0.15, -0.1) is 11.8 Å². The lowest BCUT2D eigenvalue weighted by atomic mass is 9.90. The largest absolute Gasteiger partial charge is 0.304 e. The summed E-state index contributed by atoms with van der Waals surface area (Å²) in [7, 11) is 0. The molecule has 0 radical (unpaired) electrons. The molecule has 82 valence electrons. The van der Waals surface area contributed by atoms with E-state index in [2.05, 4.69) is 17.1 Å². The van der Waals surface area contributed by atoms with Crippen LogP contribution in [0.5, 0.6) is 0 Å². The molecule has 1 unspecified atom stereocenters. The van der Waals surface area contributed by atoms with Crippen LogP contribution in [-0.2, 0) is 0 Å². The van der Waals surface area contributed by atoms with Crippen molar-refractivity contribution in [3.8, 4) is 0 Å². The van der Waals surface area contributed by atoms with Gasteiger partial charge in [0.25, 0.3) is 0 Å². The van der Waals surface area contributed by atoms with Gasteiger partial charge in [-0.1, -0.05) is 38.5 Å². The molecule has 2 rings (SSSR count). The first-order valence-electron chi connectivity index (χ1n) is 6.28. The van der Waals surface area contributed by atoms with Gasteiger partial charge in [-0.2, -0.15) is 0 Å². The second-order valence-electron chi connectivity index (χ2n) is 4.78. The van der Waals surface area contributed by atoms with Crippen LogP contribution in [0.1, 0.15) is 51.4 Å². The number of thioether (sulfide) groups is 1. The summed E-state index contributed by atoms with van der Waals surface area (Å²) >= 11 is 2.08. The fraction of sp³-hybridized carbons (Fsp3) is 1.00. The summed E-state index contributed by atoms with van der Waals surface area (Å²) in [5.74, 6) is 3.55. The van der Waals surface area contributed by atoms with E-state index in [0.29, 0.717) is 0 Å². The highest BCUT2D eigenvalue weighted by Crippen LogP contribution is 2.28. The minimum Gasteiger partial charge on any atom is -0.304 e. The van der Waals surface area contributed by atoms with Gasteiger partial charge >= 0.3 is 0 Å². The van der Waals surface area contributed by atoms with Crippen LogP contribution in [0, 0.1) is 5.92 Å². The predicted octanol–water partition coefficient (Wildman–Crippen LogP) is 3.40. The van der Waals surface area contributed by atoms with Crippen LogP contribution in [-0.4, -0.2) is 17.7 Å². The molecule has 2 fully saturated rings. The van der Waals surface area contributed by atoms with Crippen LogP contribution in [0.15, 0.2) is 0 Å². The normalized spacial score (nSPS) is 32.1. The molecule has 0 amide bonds. The second-order valence-corrected chi connectivity index (χ2v) is 5.81. The van der Waals surface area contributed by atoms with Crippen LogP contribution >= 0.6 is 11.8 Å². The first-order valence-corrected chi connectivity index (χ1v) is 7.43. The number of rotatable bonds is 1. The number of nitrogens with one attached hydrogen (secondary N) is 1. The van der Waals surface area contributed by atoms with Gasteiger partial charge in [0, 0.05) is 17.7 Å². The fourth-order valence-corrected chi connectivity index (χ4v) is 3.87. The third-order valence-corrected chi connectivity index (χ3v) is 4.68. The van der Waals surface area contributed by atoms with E-state index >= 15 is 0 Å². The van der Waals surface area contributed by atoms with Crippen molar-refractivity contribution in [3.05, 3.63) is 0 Å². The van der Waals surface area contributed by atoms with Gasteiger partial charge in [0.2, 0.25) is 0 Å².